The minimum absolute atomic E-state index is 0.0297. The van der Waals surface area contributed by atoms with Crippen molar-refractivity contribution in [1.82, 2.24) is 0 Å². The molecule has 1 heterocycles. The molecule has 0 amide bonds. The molecule has 3 rings (SSSR count). The molecule has 2 saturated carbocycles. The summed E-state index contributed by atoms with van der Waals surface area (Å²) in [6.07, 6.45) is 3.54. The Balaban J connectivity index is 1.99. The molecule has 1 saturated heterocycles. The zero-order valence-corrected chi connectivity index (χ0v) is 11.2. The van der Waals surface area contributed by atoms with E-state index in [9.17, 15) is 9.90 Å². The molecule has 0 radical (unpaired) electrons. The van der Waals surface area contributed by atoms with Crippen LogP contribution in [-0.4, -0.2) is 22.8 Å². The number of rotatable bonds is 0. The highest BCUT2D eigenvalue weighted by Gasteiger charge is 2.56. The molecule has 0 aromatic rings. The first kappa shape index (κ1) is 12.2. The third kappa shape index (κ3) is 1.56. The number of carbonyl (C=O) groups excluding carboxylic acids is 1. The Morgan fingerprint density at radius 2 is 2.17 bits per heavy atom. The van der Waals surface area contributed by atoms with Crippen molar-refractivity contribution >= 4 is 5.97 Å². The molecule has 100 valence electrons. The van der Waals surface area contributed by atoms with E-state index in [4.69, 9.17) is 4.74 Å². The normalized spacial score (nSPS) is 51.6. The van der Waals surface area contributed by atoms with E-state index in [1.165, 1.54) is 5.57 Å². The van der Waals surface area contributed by atoms with Crippen LogP contribution in [0.5, 0.6) is 0 Å². The Labute approximate surface area is 108 Å². The van der Waals surface area contributed by atoms with Gasteiger partial charge in [0.2, 0.25) is 0 Å². The van der Waals surface area contributed by atoms with E-state index in [1.54, 1.807) is 0 Å². The highest BCUT2D eigenvalue weighted by Crippen LogP contribution is 2.53. The third-order valence-electron chi connectivity index (χ3n) is 5.51. The Bertz CT molecular complexity index is 399. The standard InChI is InChI=1S/C15H22O3/c1-8-4-5-11-12(8)13-10(6-7-15(11,3)17)9(2)14(16)18-13/h9-13,17H,1,4-7H2,2-3H3/t9-,10+,11-,12+,13+,15-/m1/s1. The van der Waals surface area contributed by atoms with Crippen LogP contribution in [0.15, 0.2) is 12.2 Å². The zero-order valence-electron chi connectivity index (χ0n) is 11.2. The van der Waals surface area contributed by atoms with Gasteiger partial charge in [0.15, 0.2) is 0 Å². The molecule has 3 fully saturated rings. The highest BCUT2D eigenvalue weighted by molar-refractivity contribution is 5.75. The SMILES string of the molecule is C=C1CC[C@@H]2[C@H]1[C@H]1OC(=O)[C@H](C)[C@@H]1CC[C@@]2(C)O. The summed E-state index contributed by atoms with van der Waals surface area (Å²) in [5.41, 5.74) is 0.527. The van der Waals surface area contributed by atoms with Crippen molar-refractivity contribution in [3.05, 3.63) is 12.2 Å². The van der Waals surface area contributed by atoms with Crippen LogP contribution < -0.4 is 0 Å². The van der Waals surface area contributed by atoms with Crippen LogP contribution >= 0.6 is 0 Å². The lowest BCUT2D eigenvalue weighted by atomic mass is 9.77. The van der Waals surface area contributed by atoms with E-state index >= 15 is 0 Å². The summed E-state index contributed by atoms with van der Waals surface area (Å²) in [5, 5.41) is 10.7. The summed E-state index contributed by atoms with van der Waals surface area (Å²) in [7, 11) is 0. The minimum atomic E-state index is -0.638. The van der Waals surface area contributed by atoms with Gasteiger partial charge in [-0.25, -0.2) is 0 Å². The van der Waals surface area contributed by atoms with Gasteiger partial charge < -0.3 is 9.84 Å². The van der Waals surface area contributed by atoms with Gasteiger partial charge >= 0.3 is 5.97 Å². The van der Waals surface area contributed by atoms with E-state index < -0.39 is 5.60 Å². The fourth-order valence-corrected chi connectivity index (χ4v) is 4.32. The van der Waals surface area contributed by atoms with Crippen LogP contribution in [0.4, 0.5) is 0 Å². The summed E-state index contributed by atoms with van der Waals surface area (Å²) in [4.78, 5) is 11.8. The minimum Gasteiger partial charge on any atom is -0.461 e. The van der Waals surface area contributed by atoms with Crippen molar-refractivity contribution in [2.75, 3.05) is 0 Å². The van der Waals surface area contributed by atoms with Gasteiger partial charge in [0.05, 0.1) is 11.5 Å². The molecule has 0 spiro atoms. The maximum Gasteiger partial charge on any atom is 0.309 e. The first-order chi connectivity index (χ1) is 8.42. The zero-order chi connectivity index (χ0) is 13.1. The van der Waals surface area contributed by atoms with Crippen LogP contribution in [0.25, 0.3) is 0 Å². The van der Waals surface area contributed by atoms with Crippen LogP contribution in [0.2, 0.25) is 0 Å². The molecule has 3 nitrogen and oxygen atoms in total. The van der Waals surface area contributed by atoms with Crippen molar-refractivity contribution in [3.63, 3.8) is 0 Å². The summed E-state index contributed by atoms with van der Waals surface area (Å²) in [5.74, 6) is 0.538. The maximum absolute atomic E-state index is 11.8. The lowest BCUT2D eigenvalue weighted by Gasteiger charge is -2.33. The lowest BCUT2D eigenvalue weighted by molar-refractivity contribution is -0.146. The van der Waals surface area contributed by atoms with Crippen LogP contribution in [0.1, 0.15) is 39.5 Å². The largest absolute Gasteiger partial charge is 0.461 e. The number of ether oxygens (including phenoxy) is 1. The van der Waals surface area contributed by atoms with Gasteiger partial charge in [-0.15, -0.1) is 0 Å². The van der Waals surface area contributed by atoms with E-state index in [-0.39, 0.29) is 35.7 Å². The van der Waals surface area contributed by atoms with Crippen molar-refractivity contribution in [2.24, 2.45) is 23.7 Å². The van der Waals surface area contributed by atoms with Crippen molar-refractivity contribution in [1.29, 1.82) is 0 Å². The fraction of sp³-hybridized carbons (Fsp3) is 0.800. The molecular formula is C15H22O3. The quantitative estimate of drug-likeness (QED) is 0.530. The second kappa shape index (κ2) is 3.83. The van der Waals surface area contributed by atoms with Crippen LogP contribution in [0, 0.1) is 23.7 Å². The molecule has 3 aliphatic rings. The molecule has 1 aliphatic heterocycles. The number of carbonyl (C=O) groups is 1. The molecular weight excluding hydrogens is 228 g/mol. The van der Waals surface area contributed by atoms with E-state index in [2.05, 4.69) is 6.58 Å². The van der Waals surface area contributed by atoms with Gasteiger partial charge in [0.1, 0.15) is 6.10 Å². The molecule has 18 heavy (non-hydrogen) atoms. The van der Waals surface area contributed by atoms with Gasteiger partial charge in [0, 0.05) is 11.8 Å². The summed E-state index contributed by atoms with van der Waals surface area (Å²) in [6, 6.07) is 0. The van der Waals surface area contributed by atoms with E-state index in [0.29, 0.717) is 0 Å². The smallest absolute Gasteiger partial charge is 0.309 e. The predicted octanol–water partition coefficient (Wildman–Crippen LogP) is 2.29. The number of hydrogen-bond acceptors (Lipinski definition) is 3. The van der Waals surface area contributed by atoms with Gasteiger partial charge in [-0.3, -0.25) is 4.79 Å². The molecule has 3 heteroatoms. The Hall–Kier alpha value is -0.830. The summed E-state index contributed by atoms with van der Waals surface area (Å²) < 4.78 is 5.62. The molecule has 2 aliphatic carbocycles. The highest BCUT2D eigenvalue weighted by atomic mass is 16.6. The average molecular weight is 250 g/mol. The monoisotopic (exact) mass is 250 g/mol. The van der Waals surface area contributed by atoms with Gasteiger partial charge in [0.25, 0.3) is 0 Å². The molecule has 0 aromatic carbocycles. The Morgan fingerprint density at radius 1 is 1.44 bits per heavy atom. The number of hydrogen-bond donors (Lipinski definition) is 1. The van der Waals surface area contributed by atoms with Gasteiger partial charge in [-0.1, -0.05) is 19.1 Å². The number of fused-ring (bicyclic) bond motifs is 3. The van der Waals surface area contributed by atoms with Crippen molar-refractivity contribution < 1.29 is 14.6 Å². The van der Waals surface area contributed by atoms with Crippen molar-refractivity contribution in [2.45, 2.75) is 51.2 Å². The summed E-state index contributed by atoms with van der Waals surface area (Å²) >= 11 is 0. The van der Waals surface area contributed by atoms with Crippen LogP contribution in [-0.2, 0) is 9.53 Å². The second-order valence-electron chi connectivity index (χ2n) is 6.58. The molecule has 1 N–H and O–H groups in total. The topological polar surface area (TPSA) is 46.5 Å². The first-order valence-corrected chi connectivity index (χ1v) is 7.02. The Morgan fingerprint density at radius 3 is 2.89 bits per heavy atom. The van der Waals surface area contributed by atoms with E-state index in [0.717, 1.165) is 25.7 Å². The average Bonchev–Trinajstić information content (AvgIpc) is 2.76. The van der Waals surface area contributed by atoms with Gasteiger partial charge in [-0.2, -0.15) is 0 Å². The summed E-state index contributed by atoms with van der Waals surface area (Å²) in [6.45, 7) is 8.05. The van der Waals surface area contributed by atoms with Gasteiger partial charge in [-0.05, 0) is 38.5 Å². The lowest BCUT2D eigenvalue weighted by Crippen LogP contribution is -2.39. The predicted molar refractivity (Wildman–Crippen MR) is 67.7 cm³/mol. The fourth-order valence-electron chi connectivity index (χ4n) is 4.32. The molecule has 0 unspecified atom stereocenters. The number of esters is 1. The maximum atomic E-state index is 11.8. The van der Waals surface area contributed by atoms with Crippen LogP contribution in [0.3, 0.4) is 0 Å². The molecule has 6 atom stereocenters. The third-order valence-corrected chi connectivity index (χ3v) is 5.51. The molecule has 0 aromatic heterocycles. The Kier molecular flexibility index (Phi) is 2.60. The van der Waals surface area contributed by atoms with Crippen molar-refractivity contribution in [3.8, 4) is 0 Å². The number of aliphatic hydroxyl groups is 1. The first-order valence-electron chi connectivity index (χ1n) is 7.02. The molecule has 0 bridgehead atoms. The second-order valence-corrected chi connectivity index (χ2v) is 6.58. The van der Waals surface area contributed by atoms with E-state index in [1.807, 2.05) is 13.8 Å².